The van der Waals surface area contributed by atoms with Gasteiger partial charge in [-0.05, 0) is 17.7 Å². The molecule has 0 fully saturated rings. The Labute approximate surface area is 132 Å². The predicted octanol–water partition coefficient (Wildman–Crippen LogP) is 2.16. The molecule has 0 saturated heterocycles. The van der Waals surface area contributed by atoms with Gasteiger partial charge in [0.1, 0.15) is 12.2 Å². The third-order valence-electron chi connectivity index (χ3n) is 3.78. The van der Waals surface area contributed by atoms with E-state index in [0.717, 1.165) is 5.56 Å². The van der Waals surface area contributed by atoms with Crippen LogP contribution >= 0.6 is 0 Å². The molecular formula is C17H17N3O3. The van der Waals surface area contributed by atoms with E-state index in [2.05, 4.69) is 10.2 Å². The van der Waals surface area contributed by atoms with Crippen LogP contribution in [0.2, 0.25) is 0 Å². The van der Waals surface area contributed by atoms with Gasteiger partial charge >= 0.3 is 11.7 Å². The highest BCUT2D eigenvalue weighted by Crippen LogP contribution is 2.23. The van der Waals surface area contributed by atoms with Crippen LogP contribution in [0.25, 0.3) is 5.65 Å². The van der Waals surface area contributed by atoms with Gasteiger partial charge in [0.25, 0.3) is 0 Å². The summed E-state index contributed by atoms with van der Waals surface area (Å²) in [4.78, 5) is 23.9. The molecule has 0 saturated carbocycles. The van der Waals surface area contributed by atoms with Gasteiger partial charge in [0.15, 0.2) is 5.65 Å². The third-order valence-corrected chi connectivity index (χ3v) is 3.78. The van der Waals surface area contributed by atoms with E-state index in [1.807, 2.05) is 44.2 Å². The number of carbonyl (C=O) groups excluding carboxylic acids is 1. The molecule has 118 valence electrons. The lowest BCUT2D eigenvalue weighted by Crippen LogP contribution is -2.26. The maximum Gasteiger partial charge on any atom is 0.347 e. The van der Waals surface area contributed by atoms with Crippen molar-refractivity contribution in [3.05, 3.63) is 70.3 Å². The topological polar surface area (TPSA) is 76.5 Å². The minimum absolute atomic E-state index is 0.228. The lowest BCUT2D eigenvalue weighted by molar-refractivity contribution is 0.0428. The molecule has 2 heterocycles. The summed E-state index contributed by atoms with van der Waals surface area (Å²) in [5.41, 5.74) is 0.906. The van der Waals surface area contributed by atoms with Gasteiger partial charge < -0.3 is 4.74 Å². The van der Waals surface area contributed by atoms with Gasteiger partial charge in [0, 0.05) is 11.6 Å². The number of hydrogen-bond acceptors (Lipinski definition) is 4. The molecular weight excluding hydrogens is 294 g/mol. The fourth-order valence-electron chi connectivity index (χ4n) is 2.39. The highest BCUT2D eigenvalue weighted by Gasteiger charge is 2.24. The molecule has 0 aliphatic heterocycles. The molecule has 0 unspecified atom stereocenters. The maximum atomic E-state index is 12.4. The Bertz CT molecular complexity index is 894. The second kappa shape index (κ2) is 5.72. The van der Waals surface area contributed by atoms with Gasteiger partial charge in [-0.1, -0.05) is 44.2 Å². The van der Waals surface area contributed by atoms with E-state index in [1.165, 1.54) is 4.40 Å². The van der Waals surface area contributed by atoms with Crippen molar-refractivity contribution >= 4 is 11.6 Å². The summed E-state index contributed by atoms with van der Waals surface area (Å²) in [6.45, 7) is 4.25. The van der Waals surface area contributed by atoms with E-state index < -0.39 is 5.97 Å². The summed E-state index contributed by atoms with van der Waals surface area (Å²) in [6.07, 6.45) is 1.55. The number of rotatable bonds is 4. The first-order chi connectivity index (χ1) is 11.0. The quantitative estimate of drug-likeness (QED) is 0.749. The zero-order valence-electron chi connectivity index (χ0n) is 12.9. The van der Waals surface area contributed by atoms with Crippen molar-refractivity contribution in [3.63, 3.8) is 0 Å². The van der Waals surface area contributed by atoms with Gasteiger partial charge in [-0.15, -0.1) is 0 Å². The molecule has 0 radical (unpaired) electrons. The third kappa shape index (κ3) is 2.88. The number of nitrogens with zero attached hydrogens (tertiary/aromatic N) is 2. The average Bonchev–Trinajstić information content (AvgIpc) is 2.95. The maximum absolute atomic E-state index is 12.4. The molecule has 0 aliphatic rings. The van der Waals surface area contributed by atoms with Crippen LogP contribution in [0.1, 0.15) is 29.8 Å². The van der Waals surface area contributed by atoms with E-state index in [-0.39, 0.29) is 28.9 Å². The van der Waals surface area contributed by atoms with Gasteiger partial charge in [-0.25, -0.2) is 19.1 Å². The van der Waals surface area contributed by atoms with Crippen molar-refractivity contribution in [3.8, 4) is 0 Å². The number of carbonyl (C=O) groups is 1. The minimum atomic E-state index is -0.501. The van der Waals surface area contributed by atoms with E-state index in [9.17, 15) is 9.59 Å². The SMILES string of the molecule is CC(C)(COC(=O)c1cccn2c(=O)[nH]nc12)c1ccccc1. The number of pyridine rings is 1. The first-order valence-corrected chi connectivity index (χ1v) is 7.27. The van der Waals surface area contributed by atoms with Crippen molar-refractivity contribution in [2.75, 3.05) is 6.61 Å². The van der Waals surface area contributed by atoms with Gasteiger partial charge in [0.2, 0.25) is 0 Å². The monoisotopic (exact) mass is 311 g/mol. The molecule has 0 aliphatic carbocycles. The van der Waals surface area contributed by atoms with Crippen LogP contribution in [0.3, 0.4) is 0 Å². The summed E-state index contributed by atoms with van der Waals surface area (Å²) in [7, 11) is 0. The largest absolute Gasteiger partial charge is 0.461 e. The second-order valence-corrected chi connectivity index (χ2v) is 5.97. The fraction of sp³-hybridized carbons (Fsp3) is 0.235. The second-order valence-electron chi connectivity index (χ2n) is 5.97. The van der Waals surface area contributed by atoms with Gasteiger partial charge in [0.05, 0.1) is 0 Å². The minimum Gasteiger partial charge on any atom is -0.461 e. The summed E-state index contributed by atoms with van der Waals surface area (Å²) < 4.78 is 6.73. The zero-order valence-corrected chi connectivity index (χ0v) is 12.9. The standard InChI is InChI=1S/C17H17N3O3/c1-17(2,12-7-4-3-5-8-12)11-23-15(21)13-9-6-10-20-14(13)18-19-16(20)22/h3-10H,11H2,1-2H3,(H,19,22). The molecule has 3 rings (SSSR count). The first kappa shape index (κ1) is 15.0. The van der Waals surface area contributed by atoms with Crippen LogP contribution in [-0.2, 0) is 10.2 Å². The Kier molecular flexibility index (Phi) is 3.73. The number of H-pyrrole nitrogens is 1. The molecule has 0 amide bonds. The fourth-order valence-corrected chi connectivity index (χ4v) is 2.39. The lowest BCUT2D eigenvalue weighted by atomic mass is 9.86. The Balaban J connectivity index is 1.80. The molecule has 0 atom stereocenters. The van der Waals surface area contributed by atoms with Crippen molar-refractivity contribution in [1.82, 2.24) is 14.6 Å². The number of fused-ring (bicyclic) bond motifs is 1. The number of hydrogen-bond donors (Lipinski definition) is 1. The number of nitrogens with one attached hydrogen (secondary N) is 1. The van der Waals surface area contributed by atoms with Crippen LogP contribution < -0.4 is 5.69 Å². The van der Waals surface area contributed by atoms with Crippen LogP contribution in [0.4, 0.5) is 0 Å². The molecule has 3 aromatic rings. The Hall–Kier alpha value is -2.89. The number of aromatic nitrogens is 3. The summed E-state index contributed by atoms with van der Waals surface area (Å²) in [5, 5.41) is 6.19. The van der Waals surface area contributed by atoms with Crippen LogP contribution in [0.15, 0.2) is 53.5 Å². The van der Waals surface area contributed by atoms with E-state index in [0.29, 0.717) is 0 Å². The molecule has 0 bridgehead atoms. The van der Waals surface area contributed by atoms with E-state index >= 15 is 0 Å². The summed E-state index contributed by atoms with van der Waals surface area (Å²) in [6, 6.07) is 13.1. The van der Waals surface area contributed by atoms with Crippen molar-refractivity contribution in [2.24, 2.45) is 0 Å². The number of esters is 1. The van der Waals surface area contributed by atoms with E-state index in [4.69, 9.17) is 4.74 Å². The lowest BCUT2D eigenvalue weighted by Gasteiger charge is -2.24. The molecule has 6 nitrogen and oxygen atoms in total. The Morgan fingerprint density at radius 2 is 1.96 bits per heavy atom. The zero-order chi connectivity index (χ0) is 16.4. The molecule has 2 aromatic heterocycles. The molecule has 1 aromatic carbocycles. The highest BCUT2D eigenvalue weighted by molar-refractivity contribution is 5.95. The molecule has 6 heteroatoms. The van der Waals surface area contributed by atoms with Gasteiger partial charge in [-0.3, -0.25) is 0 Å². The van der Waals surface area contributed by atoms with Crippen molar-refractivity contribution < 1.29 is 9.53 Å². The molecule has 1 N–H and O–H groups in total. The molecule has 0 spiro atoms. The number of aromatic amines is 1. The van der Waals surface area contributed by atoms with Crippen molar-refractivity contribution in [1.29, 1.82) is 0 Å². The Morgan fingerprint density at radius 3 is 2.70 bits per heavy atom. The average molecular weight is 311 g/mol. The van der Waals surface area contributed by atoms with Crippen molar-refractivity contribution in [2.45, 2.75) is 19.3 Å². The number of benzene rings is 1. The smallest absolute Gasteiger partial charge is 0.347 e. The number of ether oxygens (including phenoxy) is 1. The van der Waals surface area contributed by atoms with Gasteiger partial charge in [-0.2, -0.15) is 5.10 Å². The Morgan fingerprint density at radius 1 is 1.22 bits per heavy atom. The highest BCUT2D eigenvalue weighted by atomic mass is 16.5. The first-order valence-electron chi connectivity index (χ1n) is 7.27. The van der Waals surface area contributed by atoms with Crippen LogP contribution in [0, 0.1) is 0 Å². The summed E-state index contributed by atoms with van der Waals surface area (Å²) in [5.74, 6) is -0.501. The predicted molar refractivity (Wildman–Crippen MR) is 85.6 cm³/mol. The van der Waals surface area contributed by atoms with E-state index in [1.54, 1.807) is 18.3 Å². The van der Waals surface area contributed by atoms with Crippen LogP contribution in [-0.4, -0.2) is 27.2 Å². The normalized spacial score (nSPS) is 11.6. The van der Waals surface area contributed by atoms with Crippen LogP contribution in [0.5, 0.6) is 0 Å². The molecule has 23 heavy (non-hydrogen) atoms. The summed E-state index contributed by atoms with van der Waals surface area (Å²) >= 11 is 0.